The summed E-state index contributed by atoms with van der Waals surface area (Å²) in [6.07, 6.45) is 0. The van der Waals surface area contributed by atoms with Crippen LogP contribution in [0.5, 0.6) is 0 Å². The molecule has 16 heavy (non-hydrogen) atoms. The molecule has 0 aromatic heterocycles. The van der Waals surface area contributed by atoms with Crippen molar-refractivity contribution in [2.45, 2.75) is 6.54 Å². The van der Waals surface area contributed by atoms with Gasteiger partial charge in [-0.3, -0.25) is 9.69 Å². The van der Waals surface area contributed by atoms with E-state index in [1.54, 1.807) is 12.1 Å². The van der Waals surface area contributed by atoms with Gasteiger partial charge in [-0.05, 0) is 6.07 Å². The van der Waals surface area contributed by atoms with Crippen LogP contribution in [0, 0.1) is 5.82 Å². The van der Waals surface area contributed by atoms with Crippen LogP contribution >= 0.6 is 0 Å². The van der Waals surface area contributed by atoms with Crippen molar-refractivity contribution in [1.82, 2.24) is 10.2 Å². The van der Waals surface area contributed by atoms with E-state index in [9.17, 15) is 9.18 Å². The van der Waals surface area contributed by atoms with Gasteiger partial charge in [-0.25, -0.2) is 4.39 Å². The highest BCUT2D eigenvalue weighted by atomic mass is 19.1. The normalized spacial score (nSPS) is 17.2. The molecule has 0 aliphatic carbocycles. The Morgan fingerprint density at radius 2 is 2.31 bits per heavy atom. The summed E-state index contributed by atoms with van der Waals surface area (Å²) in [4.78, 5) is 13.0. The molecule has 1 aliphatic heterocycles. The van der Waals surface area contributed by atoms with Gasteiger partial charge >= 0.3 is 0 Å². The lowest BCUT2D eigenvalue weighted by molar-refractivity contribution is -0.124. The van der Waals surface area contributed by atoms with E-state index in [2.05, 4.69) is 5.32 Å². The molecule has 0 saturated carbocycles. The van der Waals surface area contributed by atoms with Crippen LogP contribution in [0.15, 0.2) is 18.2 Å². The maximum Gasteiger partial charge on any atom is 0.234 e. The lowest BCUT2D eigenvalue weighted by Crippen LogP contribution is -2.47. The summed E-state index contributed by atoms with van der Waals surface area (Å²) in [6, 6.07) is 4.94. The first kappa shape index (κ1) is 10.9. The molecule has 2 rings (SSSR count). The van der Waals surface area contributed by atoms with Crippen LogP contribution in [0.1, 0.15) is 5.56 Å². The van der Waals surface area contributed by atoms with Gasteiger partial charge in [0.2, 0.25) is 5.91 Å². The van der Waals surface area contributed by atoms with Crippen molar-refractivity contribution in [3.8, 4) is 0 Å². The highest BCUT2D eigenvalue weighted by Gasteiger charge is 2.17. The van der Waals surface area contributed by atoms with Crippen molar-refractivity contribution in [3.63, 3.8) is 0 Å². The Bertz CT molecular complexity index is 408. The van der Waals surface area contributed by atoms with Gasteiger partial charge in [-0.15, -0.1) is 0 Å². The third-order valence-electron chi connectivity index (χ3n) is 2.62. The topological polar surface area (TPSA) is 58.4 Å². The van der Waals surface area contributed by atoms with E-state index in [1.807, 2.05) is 4.90 Å². The van der Waals surface area contributed by atoms with Gasteiger partial charge < -0.3 is 11.1 Å². The first-order valence-corrected chi connectivity index (χ1v) is 5.19. The van der Waals surface area contributed by atoms with Gasteiger partial charge in [-0.1, -0.05) is 12.1 Å². The average Bonchev–Trinajstić information content (AvgIpc) is 2.25. The molecule has 4 nitrogen and oxygen atoms in total. The number of carbonyl (C=O) groups excluding carboxylic acids is 1. The van der Waals surface area contributed by atoms with Crippen LogP contribution in [0.25, 0.3) is 0 Å². The highest BCUT2D eigenvalue weighted by Crippen LogP contribution is 2.16. The predicted molar refractivity (Wildman–Crippen MR) is 59.1 cm³/mol. The van der Waals surface area contributed by atoms with E-state index >= 15 is 0 Å². The minimum Gasteiger partial charge on any atom is -0.396 e. The Hall–Kier alpha value is -1.62. The molecule has 1 aromatic carbocycles. The zero-order valence-corrected chi connectivity index (χ0v) is 8.87. The molecule has 0 bridgehead atoms. The fraction of sp³-hybridized carbons (Fsp3) is 0.364. The van der Waals surface area contributed by atoms with Crippen molar-refractivity contribution >= 4 is 11.6 Å². The van der Waals surface area contributed by atoms with Gasteiger partial charge in [0, 0.05) is 25.2 Å². The van der Waals surface area contributed by atoms with Crippen LogP contribution in [0.2, 0.25) is 0 Å². The smallest absolute Gasteiger partial charge is 0.234 e. The van der Waals surface area contributed by atoms with Crippen LogP contribution in [0.4, 0.5) is 10.1 Å². The fourth-order valence-electron chi connectivity index (χ4n) is 1.79. The largest absolute Gasteiger partial charge is 0.396 e. The minimum atomic E-state index is -0.381. The van der Waals surface area contributed by atoms with Crippen molar-refractivity contribution in [2.24, 2.45) is 0 Å². The number of hydrogen-bond acceptors (Lipinski definition) is 3. The standard InChI is InChI=1S/C11H14FN3O/c12-11-8(2-1-3-9(11)13)6-15-5-4-14-10(16)7-15/h1-3H,4-7,13H2,(H,14,16). The van der Waals surface area contributed by atoms with Gasteiger partial charge in [0.25, 0.3) is 0 Å². The molecule has 1 aromatic rings. The Morgan fingerprint density at radius 3 is 3.06 bits per heavy atom. The number of hydrogen-bond donors (Lipinski definition) is 2. The molecule has 1 amide bonds. The molecule has 1 heterocycles. The van der Waals surface area contributed by atoms with Crippen LogP contribution in [-0.2, 0) is 11.3 Å². The van der Waals surface area contributed by atoms with Crippen LogP contribution in [-0.4, -0.2) is 30.4 Å². The van der Waals surface area contributed by atoms with Gasteiger partial charge in [0.05, 0.1) is 12.2 Å². The van der Waals surface area contributed by atoms with E-state index in [4.69, 9.17) is 5.73 Å². The number of benzene rings is 1. The number of nitrogen functional groups attached to an aromatic ring is 1. The van der Waals surface area contributed by atoms with Gasteiger partial charge in [-0.2, -0.15) is 0 Å². The zero-order valence-electron chi connectivity index (χ0n) is 8.87. The lowest BCUT2D eigenvalue weighted by Gasteiger charge is -2.26. The summed E-state index contributed by atoms with van der Waals surface area (Å²) in [6.45, 7) is 2.08. The second-order valence-corrected chi connectivity index (χ2v) is 3.88. The maximum absolute atomic E-state index is 13.6. The molecule has 1 saturated heterocycles. The monoisotopic (exact) mass is 223 g/mol. The first-order valence-electron chi connectivity index (χ1n) is 5.19. The number of nitrogens with one attached hydrogen (secondary N) is 1. The van der Waals surface area contributed by atoms with Crippen molar-refractivity contribution in [3.05, 3.63) is 29.6 Å². The van der Waals surface area contributed by atoms with Crippen LogP contribution in [0.3, 0.4) is 0 Å². The molecule has 0 spiro atoms. The van der Waals surface area contributed by atoms with E-state index in [0.29, 0.717) is 25.2 Å². The molecular weight excluding hydrogens is 209 g/mol. The number of carbonyl (C=O) groups is 1. The van der Waals surface area contributed by atoms with Crippen molar-refractivity contribution < 1.29 is 9.18 Å². The zero-order chi connectivity index (χ0) is 11.5. The van der Waals surface area contributed by atoms with E-state index in [1.165, 1.54) is 6.07 Å². The molecule has 0 radical (unpaired) electrons. The summed E-state index contributed by atoms with van der Waals surface area (Å²) >= 11 is 0. The molecule has 3 N–H and O–H groups in total. The Balaban J connectivity index is 2.08. The van der Waals surface area contributed by atoms with Crippen LogP contribution < -0.4 is 11.1 Å². The summed E-state index contributed by atoms with van der Waals surface area (Å²) in [5, 5.41) is 2.72. The van der Waals surface area contributed by atoms with Gasteiger partial charge in [0.1, 0.15) is 0 Å². The third-order valence-corrected chi connectivity index (χ3v) is 2.62. The van der Waals surface area contributed by atoms with E-state index in [-0.39, 0.29) is 17.4 Å². The summed E-state index contributed by atoms with van der Waals surface area (Å²) in [7, 11) is 0. The van der Waals surface area contributed by atoms with Crippen molar-refractivity contribution in [1.29, 1.82) is 0 Å². The number of amides is 1. The number of nitrogens with zero attached hydrogens (tertiary/aromatic N) is 1. The summed E-state index contributed by atoms with van der Waals surface area (Å²) in [5.74, 6) is -0.399. The molecular formula is C11H14FN3O. The molecule has 5 heteroatoms. The predicted octanol–water partition coefficient (Wildman–Crippen LogP) is 0.340. The molecule has 0 unspecified atom stereocenters. The molecule has 0 atom stereocenters. The van der Waals surface area contributed by atoms with Gasteiger partial charge in [0.15, 0.2) is 5.82 Å². The highest BCUT2D eigenvalue weighted by molar-refractivity contribution is 5.78. The number of anilines is 1. The average molecular weight is 223 g/mol. The third kappa shape index (κ3) is 2.30. The Morgan fingerprint density at radius 1 is 1.50 bits per heavy atom. The van der Waals surface area contributed by atoms with E-state index in [0.717, 1.165) is 6.54 Å². The summed E-state index contributed by atoms with van der Waals surface area (Å²) < 4.78 is 13.6. The summed E-state index contributed by atoms with van der Waals surface area (Å²) in [5.41, 5.74) is 6.17. The molecule has 1 aliphatic rings. The number of halogens is 1. The SMILES string of the molecule is Nc1cccc(CN2CCNC(=O)C2)c1F. The Kier molecular flexibility index (Phi) is 3.05. The second-order valence-electron chi connectivity index (χ2n) is 3.88. The molecule has 1 fully saturated rings. The fourth-order valence-corrected chi connectivity index (χ4v) is 1.79. The number of piperazine rings is 1. The number of rotatable bonds is 2. The maximum atomic E-state index is 13.6. The second kappa shape index (κ2) is 4.49. The Labute approximate surface area is 93.2 Å². The van der Waals surface area contributed by atoms with E-state index < -0.39 is 0 Å². The minimum absolute atomic E-state index is 0.0180. The quantitative estimate of drug-likeness (QED) is 0.711. The first-order chi connectivity index (χ1) is 7.66. The lowest BCUT2D eigenvalue weighted by atomic mass is 10.1. The van der Waals surface area contributed by atoms with Crippen molar-refractivity contribution in [2.75, 3.05) is 25.4 Å². The molecule has 86 valence electrons. The number of nitrogens with two attached hydrogens (primary N) is 1.